The molecule has 0 unspecified atom stereocenters. The van der Waals surface area contributed by atoms with E-state index in [9.17, 15) is 9.90 Å². The minimum absolute atomic E-state index is 0.0659. The third-order valence-corrected chi connectivity index (χ3v) is 9.38. The number of aliphatic hydroxyl groups is 1. The summed E-state index contributed by atoms with van der Waals surface area (Å²) in [6.07, 6.45) is 2.24. The quantitative estimate of drug-likeness (QED) is 0.497. The molecule has 0 saturated carbocycles. The topological polar surface area (TPSA) is 55.8 Å². The van der Waals surface area contributed by atoms with Gasteiger partial charge in [0.15, 0.2) is 8.32 Å². The van der Waals surface area contributed by atoms with E-state index in [0.717, 1.165) is 5.56 Å². The van der Waals surface area contributed by atoms with E-state index in [1.807, 2.05) is 30.3 Å². The van der Waals surface area contributed by atoms with E-state index in [0.29, 0.717) is 0 Å². The number of ether oxygens (including phenoxy) is 1. The molecule has 0 aliphatic carbocycles. The highest BCUT2D eigenvalue weighted by molar-refractivity contribution is 6.74. The van der Waals surface area contributed by atoms with Gasteiger partial charge in [-0.25, -0.2) is 0 Å². The highest BCUT2D eigenvalue weighted by atomic mass is 28.4. The van der Waals surface area contributed by atoms with Crippen LogP contribution in [0.15, 0.2) is 42.5 Å². The molecule has 1 aliphatic rings. The van der Waals surface area contributed by atoms with E-state index in [2.05, 4.69) is 33.9 Å². The van der Waals surface area contributed by atoms with Gasteiger partial charge in [0.25, 0.3) is 0 Å². The van der Waals surface area contributed by atoms with E-state index in [4.69, 9.17) is 9.16 Å². The molecule has 0 radical (unpaired) electrons. The van der Waals surface area contributed by atoms with Crippen LogP contribution in [0.5, 0.6) is 0 Å². The number of carbonyl (C=O) groups excluding carboxylic acids is 1. The molecule has 1 aliphatic heterocycles. The summed E-state index contributed by atoms with van der Waals surface area (Å²) >= 11 is 0. The first kappa shape index (κ1) is 18.9. The lowest BCUT2D eigenvalue weighted by Crippen LogP contribution is -2.45. The summed E-state index contributed by atoms with van der Waals surface area (Å²) in [6.45, 7) is 10.8. The molecule has 24 heavy (non-hydrogen) atoms. The standard InChI is InChI=1S/C19H28O4Si/c1-19(2,3)24(4,5)23-17-13-18(21)22-16(17)12-11-15(20)14-9-7-6-8-10-14/h6-12,15-17,20H,13H2,1-5H3/b12-11+/t15-,16+,17+/m0/s1. The van der Waals surface area contributed by atoms with Crippen LogP contribution in [0.3, 0.4) is 0 Å². The second-order valence-corrected chi connectivity index (χ2v) is 12.6. The number of rotatable bonds is 5. The Hall–Kier alpha value is -1.43. The van der Waals surface area contributed by atoms with Crippen molar-refractivity contribution in [1.29, 1.82) is 0 Å². The van der Waals surface area contributed by atoms with Crippen molar-refractivity contribution in [1.82, 2.24) is 0 Å². The first-order chi connectivity index (χ1) is 11.1. The molecule has 0 spiro atoms. The largest absolute Gasteiger partial charge is 0.455 e. The van der Waals surface area contributed by atoms with Gasteiger partial charge in [-0.05, 0) is 29.8 Å². The summed E-state index contributed by atoms with van der Waals surface area (Å²) in [6, 6.07) is 9.39. The SMILES string of the molecule is CC(C)(C)[Si](C)(C)O[C@@H]1CC(=O)O[C@@H]1/C=C/[C@H](O)c1ccccc1. The van der Waals surface area contributed by atoms with Crippen LogP contribution >= 0.6 is 0 Å². The summed E-state index contributed by atoms with van der Waals surface area (Å²) < 4.78 is 11.7. The van der Waals surface area contributed by atoms with Gasteiger partial charge in [-0.1, -0.05) is 57.2 Å². The third-order valence-electron chi connectivity index (χ3n) is 4.88. The van der Waals surface area contributed by atoms with Gasteiger partial charge in [0.1, 0.15) is 6.10 Å². The van der Waals surface area contributed by atoms with Crippen LogP contribution in [-0.2, 0) is 14.0 Å². The van der Waals surface area contributed by atoms with Gasteiger partial charge in [0, 0.05) is 0 Å². The molecular weight excluding hydrogens is 320 g/mol. The fourth-order valence-electron chi connectivity index (χ4n) is 2.36. The average Bonchev–Trinajstić information content (AvgIpc) is 2.83. The second kappa shape index (κ2) is 7.21. The summed E-state index contributed by atoms with van der Waals surface area (Å²) in [4.78, 5) is 11.7. The Bertz CT molecular complexity index is 589. The Balaban J connectivity index is 2.08. The zero-order valence-electron chi connectivity index (χ0n) is 15.2. The molecular formula is C19H28O4Si. The molecule has 0 bridgehead atoms. The molecule has 5 heteroatoms. The van der Waals surface area contributed by atoms with E-state index in [1.165, 1.54) is 0 Å². The normalized spacial score (nSPS) is 23.5. The zero-order chi connectivity index (χ0) is 18.0. The van der Waals surface area contributed by atoms with Crippen LogP contribution in [-0.4, -0.2) is 31.6 Å². The summed E-state index contributed by atoms with van der Waals surface area (Å²) in [5.41, 5.74) is 0.805. The summed E-state index contributed by atoms with van der Waals surface area (Å²) in [7, 11) is -1.99. The lowest BCUT2D eigenvalue weighted by molar-refractivity contribution is -0.140. The fourth-order valence-corrected chi connectivity index (χ4v) is 3.69. The fraction of sp³-hybridized carbons (Fsp3) is 0.526. The first-order valence-corrected chi connectivity index (χ1v) is 11.3. The highest BCUT2D eigenvalue weighted by Gasteiger charge is 2.44. The first-order valence-electron chi connectivity index (χ1n) is 8.39. The highest BCUT2D eigenvalue weighted by Crippen LogP contribution is 2.39. The number of hydrogen-bond acceptors (Lipinski definition) is 4. The van der Waals surface area contributed by atoms with Crippen LogP contribution in [0, 0.1) is 0 Å². The van der Waals surface area contributed by atoms with Gasteiger partial charge >= 0.3 is 5.97 Å². The Morgan fingerprint density at radius 1 is 1.29 bits per heavy atom. The maximum absolute atomic E-state index is 11.7. The molecule has 1 aromatic carbocycles. The number of esters is 1. The van der Waals surface area contributed by atoms with Crippen molar-refractivity contribution in [3.05, 3.63) is 48.0 Å². The lowest BCUT2D eigenvalue weighted by atomic mass is 10.1. The Kier molecular flexibility index (Phi) is 5.68. The smallest absolute Gasteiger partial charge is 0.309 e. The molecule has 3 atom stereocenters. The Labute approximate surface area is 145 Å². The van der Waals surface area contributed by atoms with Gasteiger partial charge in [-0.3, -0.25) is 4.79 Å². The maximum atomic E-state index is 11.7. The van der Waals surface area contributed by atoms with E-state index in [1.54, 1.807) is 12.2 Å². The molecule has 2 rings (SSSR count). The van der Waals surface area contributed by atoms with E-state index in [-0.39, 0.29) is 23.5 Å². The zero-order valence-corrected chi connectivity index (χ0v) is 16.2. The van der Waals surface area contributed by atoms with E-state index < -0.39 is 20.5 Å². The number of aliphatic hydroxyl groups excluding tert-OH is 1. The van der Waals surface area contributed by atoms with Gasteiger partial charge in [-0.15, -0.1) is 0 Å². The Morgan fingerprint density at radius 2 is 1.92 bits per heavy atom. The molecule has 132 valence electrons. The van der Waals surface area contributed by atoms with Gasteiger partial charge < -0.3 is 14.3 Å². The van der Waals surface area contributed by atoms with Crippen molar-refractivity contribution in [2.24, 2.45) is 0 Å². The van der Waals surface area contributed by atoms with Gasteiger partial charge in [-0.2, -0.15) is 0 Å². The molecule has 0 aromatic heterocycles. The van der Waals surface area contributed by atoms with Crippen molar-refractivity contribution < 1.29 is 19.1 Å². The number of hydrogen-bond donors (Lipinski definition) is 1. The van der Waals surface area contributed by atoms with Gasteiger partial charge in [0.2, 0.25) is 0 Å². The van der Waals surface area contributed by atoms with Crippen LogP contribution in [0.4, 0.5) is 0 Å². The van der Waals surface area contributed by atoms with Crippen LogP contribution in [0.25, 0.3) is 0 Å². The predicted molar refractivity (Wildman–Crippen MR) is 97.1 cm³/mol. The monoisotopic (exact) mass is 348 g/mol. The van der Waals surface area contributed by atoms with Crippen molar-refractivity contribution >= 4 is 14.3 Å². The molecule has 1 saturated heterocycles. The molecule has 1 fully saturated rings. The summed E-state index contributed by atoms with van der Waals surface area (Å²) in [5, 5.41) is 10.3. The van der Waals surface area contributed by atoms with Crippen LogP contribution in [0.2, 0.25) is 18.1 Å². The van der Waals surface area contributed by atoms with E-state index >= 15 is 0 Å². The third kappa shape index (κ3) is 4.56. The van der Waals surface area contributed by atoms with Gasteiger partial charge in [0.05, 0.1) is 18.6 Å². The molecule has 0 amide bonds. The van der Waals surface area contributed by atoms with Crippen molar-refractivity contribution in [3.63, 3.8) is 0 Å². The minimum Gasteiger partial charge on any atom is -0.455 e. The van der Waals surface area contributed by atoms with Crippen LogP contribution < -0.4 is 0 Å². The maximum Gasteiger partial charge on any atom is 0.309 e. The number of benzene rings is 1. The number of cyclic esters (lactones) is 1. The lowest BCUT2D eigenvalue weighted by Gasteiger charge is -2.38. The van der Waals surface area contributed by atoms with Crippen LogP contribution in [0.1, 0.15) is 38.9 Å². The minimum atomic E-state index is -1.99. The molecule has 1 aromatic rings. The summed E-state index contributed by atoms with van der Waals surface area (Å²) in [5.74, 6) is -0.248. The average molecular weight is 349 g/mol. The van der Waals surface area contributed by atoms with Crippen molar-refractivity contribution in [3.8, 4) is 0 Å². The molecule has 4 nitrogen and oxygen atoms in total. The second-order valence-electron chi connectivity index (χ2n) is 7.82. The molecule has 1 heterocycles. The number of carbonyl (C=O) groups is 1. The van der Waals surface area contributed by atoms with Crippen molar-refractivity contribution in [2.45, 2.75) is 63.6 Å². The van der Waals surface area contributed by atoms with Crippen molar-refractivity contribution in [2.75, 3.05) is 0 Å². The molecule has 1 N–H and O–H groups in total. The Morgan fingerprint density at radius 3 is 2.50 bits per heavy atom. The predicted octanol–water partition coefficient (Wildman–Crippen LogP) is 3.98.